The van der Waals surface area contributed by atoms with Gasteiger partial charge in [0.05, 0.1) is 6.20 Å². The summed E-state index contributed by atoms with van der Waals surface area (Å²) in [4.78, 5) is 0. The molecule has 4 heteroatoms. The summed E-state index contributed by atoms with van der Waals surface area (Å²) in [5.41, 5.74) is 1.19. The van der Waals surface area contributed by atoms with Gasteiger partial charge in [0.2, 0.25) is 0 Å². The third kappa shape index (κ3) is 1.39. The minimum Gasteiger partial charge on any atom is -0.285 e. The van der Waals surface area contributed by atoms with E-state index < -0.39 is 11.6 Å². The van der Waals surface area contributed by atoms with Crippen LogP contribution in [0.3, 0.4) is 0 Å². The zero-order valence-electron chi connectivity index (χ0n) is 7.51. The van der Waals surface area contributed by atoms with Crippen molar-refractivity contribution in [2.24, 2.45) is 0 Å². The largest absolute Gasteiger partial charge is 0.285 e. The second-order valence-electron chi connectivity index (χ2n) is 3.05. The molecule has 2 nitrogen and oxygen atoms in total. The molecule has 0 amide bonds. The molecule has 0 aliphatic rings. The quantitative estimate of drug-likeness (QED) is 0.742. The molecular formula is C10H8F2N2. The van der Waals surface area contributed by atoms with Crippen LogP contribution in [-0.2, 0) is 0 Å². The summed E-state index contributed by atoms with van der Waals surface area (Å²) in [6, 6.07) is 2.59. The zero-order valence-corrected chi connectivity index (χ0v) is 7.51. The molecule has 0 atom stereocenters. The van der Waals surface area contributed by atoms with Crippen LogP contribution in [0.2, 0.25) is 0 Å². The number of rotatable bonds is 1. The fourth-order valence-corrected chi connectivity index (χ4v) is 1.22. The molecule has 0 aliphatic heterocycles. The van der Waals surface area contributed by atoms with Crippen molar-refractivity contribution in [2.45, 2.75) is 6.92 Å². The maximum Gasteiger partial charge on any atom is 0.129 e. The molecule has 0 aliphatic carbocycles. The van der Waals surface area contributed by atoms with Crippen molar-refractivity contribution in [3.8, 4) is 11.1 Å². The van der Waals surface area contributed by atoms with Crippen LogP contribution in [0, 0.1) is 18.6 Å². The standard InChI is InChI=1S/C10H8F2N2/c1-6-9(11)2-7(3-10(6)12)8-4-13-14-5-8/h2-5H,1H3,(H,13,14). The number of aromatic amines is 1. The summed E-state index contributed by atoms with van der Waals surface area (Å²) < 4.78 is 26.3. The van der Waals surface area contributed by atoms with Crippen molar-refractivity contribution >= 4 is 0 Å². The van der Waals surface area contributed by atoms with Gasteiger partial charge in [-0.15, -0.1) is 0 Å². The van der Waals surface area contributed by atoms with Gasteiger partial charge in [0, 0.05) is 17.3 Å². The Labute approximate surface area is 79.6 Å². The van der Waals surface area contributed by atoms with Crippen molar-refractivity contribution < 1.29 is 8.78 Å². The van der Waals surface area contributed by atoms with Gasteiger partial charge in [0.1, 0.15) is 11.6 Å². The van der Waals surface area contributed by atoms with Gasteiger partial charge in [-0.25, -0.2) is 8.78 Å². The van der Waals surface area contributed by atoms with Gasteiger partial charge < -0.3 is 0 Å². The second kappa shape index (κ2) is 3.21. The van der Waals surface area contributed by atoms with Crippen LogP contribution in [0.15, 0.2) is 24.5 Å². The first kappa shape index (κ1) is 8.87. The summed E-state index contributed by atoms with van der Waals surface area (Å²) >= 11 is 0. The number of benzene rings is 1. The summed E-state index contributed by atoms with van der Waals surface area (Å²) in [5, 5.41) is 6.30. The van der Waals surface area contributed by atoms with E-state index >= 15 is 0 Å². The van der Waals surface area contributed by atoms with Gasteiger partial charge in [-0.2, -0.15) is 5.10 Å². The minimum atomic E-state index is -0.541. The molecule has 0 radical (unpaired) electrons. The van der Waals surface area contributed by atoms with Crippen molar-refractivity contribution in [1.82, 2.24) is 10.2 Å². The van der Waals surface area contributed by atoms with Gasteiger partial charge >= 0.3 is 0 Å². The highest BCUT2D eigenvalue weighted by molar-refractivity contribution is 5.62. The van der Waals surface area contributed by atoms with Crippen LogP contribution in [0.25, 0.3) is 11.1 Å². The fourth-order valence-electron chi connectivity index (χ4n) is 1.22. The Balaban J connectivity index is 2.57. The summed E-state index contributed by atoms with van der Waals surface area (Å²) in [5.74, 6) is -1.08. The SMILES string of the molecule is Cc1c(F)cc(-c2cn[nH]c2)cc1F. The number of nitrogens with one attached hydrogen (secondary N) is 1. The highest BCUT2D eigenvalue weighted by Crippen LogP contribution is 2.22. The summed E-state index contributed by atoms with van der Waals surface area (Å²) in [7, 11) is 0. The normalized spacial score (nSPS) is 10.5. The van der Waals surface area contributed by atoms with Crippen LogP contribution in [0.5, 0.6) is 0 Å². The van der Waals surface area contributed by atoms with E-state index in [1.165, 1.54) is 25.3 Å². The average molecular weight is 194 g/mol. The van der Waals surface area contributed by atoms with Crippen LogP contribution in [0.1, 0.15) is 5.56 Å². The van der Waals surface area contributed by atoms with Gasteiger partial charge in [0.25, 0.3) is 0 Å². The van der Waals surface area contributed by atoms with Crippen LogP contribution < -0.4 is 0 Å². The topological polar surface area (TPSA) is 28.7 Å². The molecule has 1 heterocycles. The van der Waals surface area contributed by atoms with Gasteiger partial charge in [-0.05, 0) is 24.6 Å². The summed E-state index contributed by atoms with van der Waals surface area (Å²) in [6.07, 6.45) is 3.10. The Morgan fingerprint density at radius 1 is 1.14 bits per heavy atom. The van der Waals surface area contributed by atoms with Crippen molar-refractivity contribution in [1.29, 1.82) is 0 Å². The number of hydrogen-bond donors (Lipinski definition) is 1. The predicted molar refractivity (Wildman–Crippen MR) is 48.7 cm³/mol. The molecule has 1 aromatic heterocycles. The Bertz CT molecular complexity index is 426. The fraction of sp³-hybridized carbons (Fsp3) is 0.100. The van der Waals surface area contributed by atoms with Crippen molar-refractivity contribution in [3.63, 3.8) is 0 Å². The third-order valence-electron chi connectivity index (χ3n) is 2.11. The average Bonchev–Trinajstić information content (AvgIpc) is 2.66. The highest BCUT2D eigenvalue weighted by atomic mass is 19.1. The Morgan fingerprint density at radius 3 is 2.29 bits per heavy atom. The van der Waals surface area contributed by atoms with E-state index in [0.717, 1.165) is 0 Å². The molecule has 2 rings (SSSR count). The van der Waals surface area contributed by atoms with Gasteiger partial charge in [-0.1, -0.05) is 0 Å². The molecule has 0 bridgehead atoms. The lowest BCUT2D eigenvalue weighted by molar-refractivity contribution is 0.569. The molecule has 1 N–H and O–H groups in total. The highest BCUT2D eigenvalue weighted by Gasteiger charge is 2.08. The molecule has 2 aromatic rings. The first-order chi connectivity index (χ1) is 6.68. The number of aromatic nitrogens is 2. The Hall–Kier alpha value is -1.71. The molecule has 14 heavy (non-hydrogen) atoms. The number of H-pyrrole nitrogens is 1. The monoisotopic (exact) mass is 194 g/mol. The van der Waals surface area contributed by atoms with E-state index in [0.29, 0.717) is 11.1 Å². The first-order valence-corrected chi connectivity index (χ1v) is 4.13. The lowest BCUT2D eigenvalue weighted by Crippen LogP contribution is -1.89. The van der Waals surface area contributed by atoms with Gasteiger partial charge in [0.15, 0.2) is 0 Å². The van der Waals surface area contributed by atoms with Crippen LogP contribution in [-0.4, -0.2) is 10.2 Å². The van der Waals surface area contributed by atoms with Crippen molar-refractivity contribution in [2.75, 3.05) is 0 Å². The lowest BCUT2D eigenvalue weighted by Gasteiger charge is -2.02. The van der Waals surface area contributed by atoms with E-state index in [2.05, 4.69) is 10.2 Å². The lowest BCUT2D eigenvalue weighted by atomic mass is 10.1. The molecule has 0 saturated heterocycles. The Morgan fingerprint density at radius 2 is 1.79 bits per heavy atom. The number of nitrogens with zero attached hydrogens (tertiary/aromatic N) is 1. The van der Waals surface area contributed by atoms with E-state index in [1.54, 1.807) is 6.20 Å². The second-order valence-corrected chi connectivity index (χ2v) is 3.05. The van der Waals surface area contributed by atoms with Crippen molar-refractivity contribution in [3.05, 3.63) is 41.7 Å². The summed E-state index contributed by atoms with van der Waals surface area (Å²) in [6.45, 7) is 1.41. The molecule has 0 spiro atoms. The maximum absolute atomic E-state index is 13.2. The van der Waals surface area contributed by atoms with Gasteiger partial charge in [-0.3, -0.25) is 5.10 Å². The van der Waals surface area contributed by atoms with Crippen LogP contribution >= 0.6 is 0 Å². The third-order valence-corrected chi connectivity index (χ3v) is 2.11. The van der Waals surface area contributed by atoms with E-state index in [1.807, 2.05) is 0 Å². The van der Waals surface area contributed by atoms with Crippen LogP contribution in [0.4, 0.5) is 8.78 Å². The predicted octanol–water partition coefficient (Wildman–Crippen LogP) is 2.66. The minimum absolute atomic E-state index is 0.0391. The molecule has 0 fully saturated rings. The molecule has 72 valence electrons. The van der Waals surface area contributed by atoms with E-state index in [-0.39, 0.29) is 5.56 Å². The smallest absolute Gasteiger partial charge is 0.129 e. The number of hydrogen-bond acceptors (Lipinski definition) is 1. The maximum atomic E-state index is 13.2. The molecule has 0 saturated carbocycles. The first-order valence-electron chi connectivity index (χ1n) is 4.13. The zero-order chi connectivity index (χ0) is 10.1. The molecule has 0 unspecified atom stereocenters. The molecule has 1 aromatic carbocycles. The number of halogens is 2. The molecular weight excluding hydrogens is 186 g/mol. The van der Waals surface area contributed by atoms with E-state index in [9.17, 15) is 8.78 Å². The Kier molecular flexibility index (Phi) is 2.04. The van der Waals surface area contributed by atoms with E-state index in [4.69, 9.17) is 0 Å².